The van der Waals surface area contributed by atoms with E-state index in [-0.39, 0.29) is 4.90 Å². The summed E-state index contributed by atoms with van der Waals surface area (Å²) in [4.78, 5) is 4.20. The third kappa shape index (κ3) is 4.37. The molecular weight excluding hydrogens is 353 g/mol. The number of benzene rings is 2. The van der Waals surface area contributed by atoms with Crippen molar-refractivity contribution in [1.82, 2.24) is 4.98 Å². The van der Waals surface area contributed by atoms with E-state index in [1.807, 2.05) is 31.2 Å². The summed E-state index contributed by atoms with van der Waals surface area (Å²) in [6.45, 7) is 2.66. The van der Waals surface area contributed by atoms with Crippen LogP contribution < -0.4 is 10.0 Å². The lowest BCUT2D eigenvalue weighted by Crippen LogP contribution is -2.13. The fourth-order valence-electron chi connectivity index (χ4n) is 2.38. The molecule has 0 spiro atoms. The molecule has 1 heterocycles. The van der Waals surface area contributed by atoms with E-state index in [1.54, 1.807) is 12.1 Å². The fraction of sp³-hybridized carbons (Fsp3) is 0.105. The Morgan fingerprint density at radius 3 is 2.38 bits per heavy atom. The molecule has 5 nitrogen and oxygen atoms in total. The lowest BCUT2D eigenvalue weighted by atomic mass is 10.1. The fourth-order valence-corrected chi connectivity index (χ4v) is 3.42. The average Bonchev–Trinajstić information content (AvgIpc) is 2.62. The van der Waals surface area contributed by atoms with Crippen molar-refractivity contribution < 1.29 is 12.8 Å². The lowest BCUT2D eigenvalue weighted by Gasteiger charge is -2.10. The van der Waals surface area contributed by atoms with Gasteiger partial charge in [-0.25, -0.2) is 17.8 Å². The lowest BCUT2D eigenvalue weighted by molar-refractivity contribution is 0.599. The van der Waals surface area contributed by atoms with Gasteiger partial charge in [-0.15, -0.1) is 0 Å². The number of hydrogen-bond acceptors (Lipinski definition) is 4. The Morgan fingerprint density at radius 2 is 1.73 bits per heavy atom. The number of nitrogens with one attached hydrogen (secondary N) is 2. The third-order valence-electron chi connectivity index (χ3n) is 3.86. The Kier molecular flexibility index (Phi) is 5.18. The van der Waals surface area contributed by atoms with E-state index in [1.165, 1.54) is 23.9 Å². The first-order valence-electron chi connectivity index (χ1n) is 7.97. The number of pyridine rings is 1. The van der Waals surface area contributed by atoms with Gasteiger partial charge in [0.15, 0.2) is 0 Å². The van der Waals surface area contributed by atoms with Crippen molar-refractivity contribution in [1.29, 1.82) is 0 Å². The van der Waals surface area contributed by atoms with Crippen LogP contribution in [0.25, 0.3) is 0 Å². The second kappa shape index (κ2) is 7.53. The number of aromatic nitrogens is 1. The zero-order chi connectivity index (χ0) is 18.6. The SMILES string of the molecule is Cc1ccccc1CNc1ccc(NS(=O)(=O)c2ccc(F)cc2)cn1. The maximum absolute atomic E-state index is 12.9. The summed E-state index contributed by atoms with van der Waals surface area (Å²) in [6, 6.07) is 16.0. The highest BCUT2D eigenvalue weighted by Crippen LogP contribution is 2.17. The monoisotopic (exact) mass is 371 g/mol. The molecular formula is C19H18FN3O2S. The smallest absolute Gasteiger partial charge is 0.261 e. The summed E-state index contributed by atoms with van der Waals surface area (Å²) in [7, 11) is -3.78. The normalized spacial score (nSPS) is 11.2. The Balaban J connectivity index is 1.66. The molecule has 0 fully saturated rings. The van der Waals surface area contributed by atoms with E-state index < -0.39 is 15.8 Å². The average molecular weight is 371 g/mol. The highest BCUT2D eigenvalue weighted by atomic mass is 32.2. The molecule has 0 amide bonds. The molecule has 0 aliphatic carbocycles. The van der Waals surface area contributed by atoms with E-state index in [0.29, 0.717) is 18.1 Å². The van der Waals surface area contributed by atoms with Crippen molar-refractivity contribution in [2.45, 2.75) is 18.4 Å². The molecule has 0 saturated heterocycles. The molecule has 0 bridgehead atoms. The van der Waals surface area contributed by atoms with Crippen LogP contribution in [0.15, 0.2) is 71.8 Å². The van der Waals surface area contributed by atoms with Crippen LogP contribution in [-0.4, -0.2) is 13.4 Å². The zero-order valence-electron chi connectivity index (χ0n) is 14.1. The number of nitrogens with zero attached hydrogens (tertiary/aromatic N) is 1. The van der Waals surface area contributed by atoms with E-state index in [4.69, 9.17) is 0 Å². The maximum atomic E-state index is 12.9. The van der Waals surface area contributed by atoms with Crippen molar-refractivity contribution in [3.63, 3.8) is 0 Å². The molecule has 0 aliphatic rings. The minimum absolute atomic E-state index is 0.0133. The van der Waals surface area contributed by atoms with Crippen molar-refractivity contribution in [3.05, 3.63) is 83.8 Å². The van der Waals surface area contributed by atoms with Crippen LogP contribution in [0.5, 0.6) is 0 Å². The van der Waals surface area contributed by atoms with Gasteiger partial charge in [0.05, 0.1) is 16.8 Å². The summed E-state index contributed by atoms with van der Waals surface area (Å²) in [5.41, 5.74) is 2.68. The Hall–Kier alpha value is -2.93. The number of rotatable bonds is 6. The van der Waals surface area contributed by atoms with Gasteiger partial charge >= 0.3 is 0 Å². The summed E-state index contributed by atoms with van der Waals surface area (Å²) in [5, 5.41) is 3.20. The van der Waals surface area contributed by atoms with Crippen molar-refractivity contribution in [2.75, 3.05) is 10.0 Å². The van der Waals surface area contributed by atoms with Crippen LogP contribution >= 0.6 is 0 Å². The Bertz CT molecular complexity index is 988. The summed E-state index contributed by atoms with van der Waals surface area (Å²) in [6.07, 6.45) is 1.43. The van der Waals surface area contributed by atoms with Gasteiger partial charge in [0.25, 0.3) is 10.0 Å². The first-order chi connectivity index (χ1) is 12.4. The summed E-state index contributed by atoms with van der Waals surface area (Å²) in [5.74, 6) is 0.146. The molecule has 2 aromatic carbocycles. The van der Waals surface area contributed by atoms with Gasteiger partial charge in [-0.05, 0) is 54.4 Å². The highest BCUT2D eigenvalue weighted by molar-refractivity contribution is 7.92. The van der Waals surface area contributed by atoms with Crippen LogP contribution in [0.4, 0.5) is 15.9 Å². The topological polar surface area (TPSA) is 71.1 Å². The second-order valence-corrected chi connectivity index (χ2v) is 7.45. The van der Waals surface area contributed by atoms with Gasteiger partial charge in [0.2, 0.25) is 0 Å². The molecule has 0 radical (unpaired) electrons. The van der Waals surface area contributed by atoms with E-state index in [9.17, 15) is 12.8 Å². The van der Waals surface area contributed by atoms with Crippen LogP contribution in [0.3, 0.4) is 0 Å². The van der Waals surface area contributed by atoms with E-state index >= 15 is 0 Å². The predicted octanol–water partition coefficient (Wildman–Crippen LogP) is 3.94. The highest BCUT2D eigenvalue weighted by Gasteiger charge is 2.14. The summed E-state index contributed by atoms with van der Waals surface area (Å²) < 4.78 is 39.9. The molecule has 134 valence electrons. The molecule has 26 heavy (non-hydrogen) atoms. The van der Waals surface area contributed by atoms with Gasteiger partial charge in [0, 0.05) is 6.54 Å². The molecule has 7 heteroatoms. The first kappa shape index (κ1) is 17.9. The minimum atomic E-state index is -3.78. The number of anilines is 2. The summed E-state index contributed by atoms with van der Waals surface area (Å²) >= 11 is 0. The predicted molar refractivity (Wildman–Crippen MR) is 100.0 cm³/mol. The molecule has 0 saturated carbocycles. The van der Waals surface area contributed by atoms with Crippen molar-refractivity contribution in [3.8, 4) is 0 Å². The minimum Gasteiger partial charge on any atom is -0.366 e. The second-order valence-electron chi connectivity index (χ2n) is 5.77. The largest absolute Gasteiger partial charge is 0.366 e. The number of sulfonamides is 1. The molecule has 1 aromatic heterocycles. The van der Waals surface area contributed by atoms with Gasteiger partial charge in [-0.2, -0.15) is 0 Å². The van der Waals surface area contributed by atoms with Crippen LogP contribution in [0.1, 0.15) is 11.1 Å². The number of hydrogen-bond donors (Lipinski definition) is 2. The zero-order valence-corrected chi connectivity index (χ0v) is 14.9. The Labute approximate surface area is 152 Å². The van der Waals surface area contributed by atoms with Gasteiger partial charge in [-0.1, -0.05) is 24.3 Å². The van der Waals surface area contributed by atoms with Crippen LogP contribution in [0.2, 0.25) is 0 Å². The molecule has 3 aromatic rings. The third-order valence-corrected chi connectivity index (χ3v) is 5.26. The van der Waals surface area contributed by atoms with Crippen LogP contribution in [-0.2, 0) is 16.6 Å². The first-order valence-corrected chi connectivity index (χ1v) is 9.45. The number of halogens is 1. The molecule has 3 rings (SSSR count). The maximum Gasteiger partial charge on any atom is 0.261 e. The molecule has 0 unspecified atom stereocenters. The van der Waals surface area contributed by atoms with E-state index in [2.05, 4.69) is 15.0 Å². The van der Waals surface area contributed by atoms with Gasteiger partial charge < -0.3 is 5.32 Å². The quantitative estimate of drug-likeness (QED) is 0.688. The number of aryl methyl sites for hydroxylation is 1. The van der Waals surface area contributed by atoms with Crippen LogP contribution in [0, 0.1) is 12.7 Å². The molecule has 0 atom stereocenters. The molecule has 2 N–H and O–H groups in total. The van der Waals surface area contributed by atoms with Crippen molar-refractivity contribution >= 4 is 21.5 Å². The van der Waals surface area contributed by atoms with Gasteiger partial charge in [-0.3, -0.25) is 4.72 Å². The van der Waals surface area contributed by atoms with E-state index in [0.717, 1.165) is 17.7 Å². The van der Waals surface area contributed by atoms with Gasteiger partial charge in [0.1, 0.15) is 11.6 Å². The Morgan fingerprint density at radius 1 is 1.00 bits per heavy atom. The van der Waals surface area contributed by atoms with Crippen molar-refractivity contribution in [2.24, 2.45) is 0 Å². The molecule has 0 aliphatic heterocycles. The standard InChI is InChI=1S/C19H18FN3O2S/c1-14-4-2-3-5-15(14)12-21-19-11-8-17(13-22-19)23-26(24,25)18-9-6-16(20)7-10-18/h2-11,13,23H,12H2,1H3,(H,21,22).